The molecule has 1 aliphatic carbocycles. The van der Waals surface area contributed by atoms with Gasteiger partial charge in [-0.2, -0.15) is 0 Å². The van der Waals surface area contributed by atoms with E-state index in [2.05, 4.69) is 106 Å². The molecule has 0 spiro atoms. The lowest BCUT2D eigenvalue weighted by Crippen LogP contribution is -2.28. The van der Waals surface area contributed by atoms with Gasteiger partial charge in [0, 0.05) is 0 Å². The minimum atomic E-state index is -0.516. The average molecular weight is 635 g/mol. The van der Waals surface area contributed by atoms with Gasteiger partial charge in [0.15, 0.2) is 0 Å². The molecule has 0 radical (unpaired) electrons. The number of esters is 1. The van der Waals surface area contributed by atoms with Gasteiger partial charge in [0.1, 0.15) is 31.3 Å². The third kappa shape index (κ3) is 7.41. The Balaban J connectivity index is 1.38. The van der Waals surface area contributed by atoms with Gasteiger partial charge >= 0.3 is 5.97 Å². The van der Waals surface area contributed by atoms with Crippen molar-refractivity contribution in [1.29, 1.82) is 0 Å². The van der Waals surface area contributed by atoms with E-state index in [1.807, 2.05) is 32.9 Å². The summed E-state index contributed by atoms with van der Waals surface area (Å²) in [5, 5.41) is 0. The highest BCUT2D eigenvalue weighted by Crippen LogP contribution is 2.56. The van der Waals surface area contributed by atoms with Crippen molar-refractivity contribution >= 4 is 5.97 Å². The van der Waals surface area contributed by atoms with Crippen molar-refractivity contribution in [3.8, 4) is 22.6 Å². The van der Waals surface area contributed by atoms with Crippen LogP contribution in [-0.4, -0.2) is 38.0 Å². The summed E-state index contributed by atoms with van der Waals surface area (Å²) < 4.78 is 23.7. The maximum Gasteiger partial charge on any atom is 0.311 e. The molecule has 0 amide bonds. The zero-order valence-corrected chi connectivity index (χ0v) is 28.9. The standard InChI is InChI=1S/C42H50O5/c1-7-9-26-41(5,6)47-30-29-45-34-24-20-32(21-25-34)42(37-16-12-10-14-35(37)36-15-11-13-17-38(36)42)31-18-22-33(23-19-31)44-27-28-46-39(43)40(3,4)8-2/h10-25H,7-9,26-30H2,1-6H3. The Morgan fingerprint density at radius 3 is 1.62 bits per heavy atom. The van der Waals surface area contributed by atoms with Gasteiger partial charge in [-0.25, -0.2) is 0 Å². The molecule has 0 N–H and O–H groups in total. The smallest absolute Gasteiger partial charge is 0.311 e. The van der Waals surface area contributed by atoms with Crippen LogP contribution in [-0.2, 0) is 19.7 Å². The highest BCUT2D eigenvalue weighted by Gasteiger charge is 2.45. The van der Waals surface area contributed by atoms with Gasteiger partial charge in [-0.1, -0.05) is 99.5 Å². The average Bonchev–Trinajstić information content (AvgIpc) is 3.39. The largest absolute Gasteiger partial charge is 0.491 e. The van der Waals surface area contributed by atoms with Gasteiger partial charge < -0.3 is 18.9 Å². The molecule has 4 aromatic rings. The van der Waals surface area contributed by atoms with E-state index in [1.54, 1.807) is 0 Å². The molecule has 5 heteroatoms. The van der Waals surface area contributed by atoms with Crippen molar-refractivity contribution in [2.24, 2.45) is 5.41 Å². The molecule has 0 fully saturated rings. The Labute approximate surface area is 281 Å². The van der Waals surface area contributed by atoms with Crippen LogP contribution < -0.4 is 9.47 Å². The lowest BCUT2D eigenvalue weighted by Gasteiger charge is -2.34. The second-order valence-electron chi connectivity index (χ2n) is 13.7. The minimum absolute atomic E-state index is 0.141. The Bertz CT molecular complexity index is 1570. The van der Waals surface area contributed by atoms with Crippen molar-refractivity contribution in [2.45, 2.75) is 78.2 Å². The first-order chi connectivity index (χ1) is 22.6. The number of hydrogen-bond acceptors (Lipinski definition) is 5. The van der Waals surface area contributed by atoms with E-state index in [9.17, 15) is 4.79 Å². The molecule has 0 bridgehead atoms. The minimum Gasteiger partial charge on any atom is -0.491 e. The molecule has 0 saturated heterocycles. The fraction of sp³-hybridized carbons (Fsp3) is 0.405. The quantitative estimate of drug-likeness (QED) is 0.0799. The van der Waals surface area contributed by atoms with E-state index in [0.29, 0.717) is 19.8 Å². The number of hydrogen-bond donors (Lipinski definition) is 0. The zero-order valence-electron chi connectivity index (χ0n) is 28.9. The number of fused-ring (bicyclic) bond motifs is 3. The summed E-state index contributed by atoms with van der Waals surface area (Å²) in [4.78, 5) is 12.3. The summed E-state index contributed by atoms with van der Waals surface area (Å²) in [6, 6.07) is 34.2. The zero-order chi connectivity index (χ0) is 33.5. The number of carbonyl (C=O) groups is 1. The van der Waals surface area contributed by atoms with E-state index in [4.69, 9.17) is 18.9 Å². The third-order valence-electron chi connectivity index (χ3n) is 9.53. The molecule has 5 rings (SSSR count). The molecule has 0 saturated carbocycles. The summed E-state index contributed by atoms with van der Waals surface area (Å²) in [6.45, 7) is 13.9. The van der Waals surface area contributed by atoms with Gasteiger partial charge in [0.05, 0.1) is 23.0 Å². The Kier molecular flexibility index (Phi) is 10.8. The fourth-order valence-electron chi connectivity index (χ4n) is 6.41. The third-order valence-corrected chi connectivity index (χ3v) is 9.53. The van der Waals surface area contributed by atoms with Crippen LogP contribution in [0.3, 0.4) is 0 Å². The fourth-order valence-corrected chi connectivity index (χ4v) is 6.41. The first kappa shape index (κ1) is 34.3. The predicted octanol–water partition coefficient (Wildman–Crippen LogP) is 9.77. The van der Waals surface area contributed by atoms with Crippen LogP contribution in [0.5, 0.6) is 11.5 Å². The number of unbranched alkanes of at least 4 members (excludes halogenated alkanes) is 1. The summed E-state index contributed by atoms with van der Waals surface area (Å²) in [5.74, 6) is 1.36. The van der Waals surface area contributed by atoms with E-state index >= 15 is 0 Å². The molecule has 0 unspecified atom stereocenters. The van der Waals surface area contributed by atoms with Gasteiger partial charge in [-0.15, -0.1) is 0 Å². The van der Waals surface area contributed by atoms with E-state index in [0.717, 1.165) is 36.3 Å². The summed E-state index contributed by atoms with van der Waals surface area (Å²) >= 11 is 0. The van der Waals surface area contributed by atoms with Crippen molar-refractivity contribution in [3.63, 3.8) is 0 Å². The van der Waals surface area contributed by atoms with Crippen LogP contribution >= 0.6 is 0 Å². The lowest BCUT2D eigenvalue weighted by molar-refractivity contribution is -0.154. The highest BCUT2D eigenvalue weighted by atomic mass is 16.6. The molecule has 4 aromatic carbocycles. The lowest BCUT2D eigenvalue weighted by atomic mass is 9.68. The molecular formula is C42H50O5. The monoisotopic (exact) mass is 634 g/mol. The molecule has 0 heterocycles. The summed E-state index contributed by atoms with van der Waals surface area (Å²) in [6.07, 6.45) is 4.10. The van der Waals surface area contributed by atoms with Crippen LogP contribution in [0.4, 0.5) is 0 Å². The molecule has 0 aromatic heterocycles. The first-order valence-corrected chi connectivity index (χ1v) is 17.1. The van der Waals surface area contributed by atoms with E-state index in [1.165, 1.54) is 34.2 Å². The molecule has 248 valence electrons. The topological polar surface area (TPSA) is 54.0 Å². The van der Waals surface area contributed by atoms with Gasteiger partial charge in [-0.05, 0) is 98.2 Å². The highest BCUT2D eigenvalue weighted by molar-refractivity contribution is 5.86. The SMILES string of the molecule is CCCCC(C)(C)OCCOc1ccc(C2(c3ccc(OCCOC(=O)C(C)(C)CC)cc3)c3ccccc3-c3ccccc32)cc1. The van der Waals surface area contributed by atoms with Crippen LogP contribution in [0, 0.1) is 5.41 Å². The van der Waals surface area contributed by atoms with Crippen LogP contribution in [0.15, 0.2) is 97.1 Å². The van der Waals surface area contributed by atoms with Crippen LogP contribution in [0.2, 0.25) is 0 Å². The molecular weight excluding hydrogens is 584 g/mol. The van der Waals surface area contributed by atoms with Gasteiger partial charge in [0.2, 0.25) is 0 Å². The molecule has 1 aliphatic rings. The molecule has 5 nitrogen and oxygen atoms in total. The van der Waals surface area contributed by atoms with E-state index in [-0.39, 0.29) is 18.2 Å². The van der Waals surface area contributed by atoms with Crippen LogP contribution in [0.1, 0.15) is 89.5 Å². The normalized spacial score (nSPS) is 13.5. The van der Waals surface area contributed by atoms with Gasteiger partial charge in [-0.3, -0.25) is 4.79 Å². The van der Waals surface area contributed by atoms with Crippen molar-refractivity contribution in [1.82, 2.24) is 0 Å². The number of benzene rings is 4. The Morgan fingerprint density at radius 2 is 1.13 bits per heavy atom. The summed E-state index contributed by atoms with van der Waals surface area (Å²) in [5.41, 5.74) is 6.14. The van der Waals surface area contributed by atoms with Gasteiger partial charge in [0.25, 0.3) is 0 Å². The maximum atomic E-state index is 12.3. The Morgan fingerprint density at radius 1 is 0.638 bits per heavy atom. The molecule has 0 atom stereocenters. The molecule has 0 aliphatic heterocycles. The van der Waals surface area contributed by atoms with Crippen molar-refractivity contribution < 1.29 is 23.7 Å². The number of carbonyl (C=O) groups excluding carboxylic acids is 1. The molecule has 47 heavy (non-hydrogen) atoms. The maximum absolute atomic E-state index is 12.3. The Hall–Kier alpha value is -4.09. The number of ether oxygens (including phenoxy) is 4. The summed E-state index contributed by atoms with van der Waals surface area (Å²) in [7, 11) is 0. The van der Waals surface area contributed by atoms with E-state index < -0.39 is 10.8 Å². The second kappa shape index (κ2) is 14.8. The predicted molar refractivity (Wildman–Crippen MR) is 189 cm³/mol. The van der Waals surface area contributed by atoms with Crippen LogP contribution in [0.25, 0.3) is 11.1 Å². The van der Waals surface area contributed by atoms with Crippen molar-refractivity contribution in [3.05, 3.63) is 119 Å². The second-order valence-corrected chi connectivity index (χ2v) is 13.7. The van der Waals surface area contributed by atoms with Crippen molar-refractivity contribution in [2.75, 3.05) is 26.4 Å². The number of rotatable bonds is 16. The first-order valence-electron chi connectivity index (χ1n) is 17.1.